The highest BCUT2D eigenvalue weighted by atomic mass is 35.5. The van der Waals surface area contributed by atoms with E-state index in [1.54, 1.807) is 6.20 Å². The molecule has 0 spiro atoms. The molecule has 1 aromatic heterocycles. The summed E-state index contributed by atoms with van der Waals surface area (Å²) in [6, 6.07) is 26.7. The second-order valence-electron chi connectivity index (χ2n) is 7.55. The van der Waals surface area contributed by atoms with Crippen LogP contribution in [0.25, 0.3) is 10.9 Å². The fourth-order valence-electron chi connectivity index (χ4n) is 3.92. The molecule has 1 unspecified atom stereocenters. The van der Waals surface area contributed by atoms with Gasteiger partial charge in [0.1, 0.15) is 11.3 Å². The number of hydrazone groups is 1. The first-order valence-electron chi connectivity index (χ1n) is 10.4. The lowest BCUT2D eigenvalue weighted by Crippen LogP contribution is -2.31. The number of ether oxygens (including phenoxy) is 1. The number of nitrogens with zero attached hydrogens (tertiary/aromatic N) is 3. The van der Waals surface area contributed by atoms with E-state index in [9.17, 15) is 4.79 Å². The quantitative estimate of drug-likeness (QED) is 0.402. The summed E-state index contributed by atoms with van der Waals surface area (Å²) in [4.78, 5) is 17.6. The SMILES string of the molecule is O=C(COc1cccc2cccnc12)N1N=C(c2ccccc2)CC1c1cccc(Cl)c1. The molecule has 3 aromatic carbocycles. The van der Waals surface area contributed by atoms with E-state index in [0.29, 0.717) is 17.2 Å². The number of para-hydroxylation sites is 1. The first kappa shape index (κ1) is 20.2. The molecule has 1 atom stereocenters. The maximum atomic E-state index is 13.2. The number of hydrogen-bond donors (Lipinski definition) is 0. The lowest BCUT2D eigenvalue weighted by Gasteiger charge is -2.22. The fraction of sp³-hybridized carbons (Fsp3) is 0.115. The van der Waals surface area contributed by atoms with Gasteiger partial charge in [0.2, 0.25) is 0 Å². The van der Waals surface area contributed by atoms with Crippen molar-refractivity contribution in [3.05, 3.63) is 107 Å². The van der Waals surface area contributed by atoms with Crippen LogP contribution in [0.2, 0.25) is 5.02 Å². The van der Waals surface area contributed by atoms with Crippen LogP contribution in [0.4, 0.5) is 0 Å². The number of carbonyl (C=O) groups is 1. The Labute approximate surface area is 190 Å². The van der Waals surface area contributed by atoms with E-state index >= 15 is 0 Å². The maximum Gasteiger partial charge on any atom is 0.281 e. The Kier molecular flexibility index (Phi) is 5.57. The van der Waals surface area contributed by atoms with Crippen molar-refractivity contribution in [2.24, 2.45) is 5.10 Å². The van der Waals surface area contributed by atoms with E-state index in [0.717, 1.165) is 27.7 Å². The normalized spacial score (nSPS) is 15.6. The topological polar surface area (TPSA) is 54.8 Å². The van der Waals surface area contributed by atoms with Crippen LogP contribution in [0.15, 0.2) is 96.2 Å². The predicted molar refractivity (Wildman–Crippen MR) is 126 cm³/mol. The van der Waals surface area contributed by atoms with Gasteiger partial charge < -0.3 is 4.74 Å². The summed E-state index contributed by atoms with van der Waals surface area (Å²) in [7, 11) is 0. The zero-order valence-electron chi connectivity index (χ0n) is 17.2. The van der Waals surface area contributed by atoms with Gasteiger partial charge in [-0.2, -0.15) is 5.10 Å². The molecular formula is C26H20ClN3O2. The molecular weight excluding hydrogens is 422 g/mol. The van der Waals surface area contributed by atoms with E-state index < -0.39 is 0 Å². The van der Waals surface area contributed by atoms with E-state index in [4.69, 9.17) is 16.3 Å². The minimum absolute atomic E-state index is 0.141. The second kappa shape index (κ2) is 8.81. The number of amides is 1. The van der Waals surface area contributed by atoms with E-state index in [2.05, 4.69) is 10.1 Å². The lowest BCUT2D eigenvalue weighted by molar-refractivity contribution is -0.135. The molecule has 2 heterocycles. The number of halogens is 1. The van der Waals surface area contributed by atoms with Crippen molar-refractivity contribution in [3.8, 4) is 5.75 Å². The Morgan fingerprint density at radius 2 is 1.81 bits per heavy atom. The number of aromatic nitrogens is 1. The highest BCUT2D eigenvalue weighted by Gasteiger charge is 2.33. The molecule has 4 aromatic rings. The van der Waals surface area contributed by atoms with Crippen molar-refractivity contribution in [3.63, 3.8) is 0 Å². The van der Waals surface area contributed by atoms with Gasteiger partial charge in [-0.3, -0.25) is 9.78 Å². The molecule has 0 fully saturated rings. The van der Waals surface area contributed by atoms with Crippen molar-refractivity contribution in [2.45, 2.75) is 12.5 Å². The number of rotatable bonds is 5. The van der Waals surface area contributed by atoms with E-state index in [1.807, 2.05) is 84.9 Å². The summed E-state index contributed by atoms with van der Waals surface area (Å²) < 4.78 is 5.89. The summed E-state index contributed by atoms with van der Waals surface area (Å²) in [6.07, 6.45) is 2.31. The molecule has 0 bridgehead atoms. The maximum absolute atomic E-state index is 13.2. The molecule has 1 aliphatic rings. The molecule has 1 amide bonds. The number of benzene rings is 3. The van der Waals surface area contributed by atoms with Crippen LogP contribution in [0.1, 0.15) is 23.6 Å². The van der Waals surface area contributed by atoms with Gasteiger partial charge in [-0.25, -0.2) is 5.01 Å². The number of pyridine rings is 1. The third kappa shape index (κ3) is 4.07. The Hall–Kier alpha value is -3.70. The summed E-state index contributed by atoms with van der Waals surface area (Å²) in [5, 5.41) is 7.79. The molecule has 0 aliphatic carbocycles. The van der Waals surface area contributed by atoms with Crippen molar-refractivity contribution in [1.82, 2.24) is 9.99 Å². The minimum atomic E-state index is -0.245. The van der Waals surface area contributed by atoms with Gasteiger partial charge in [-0.15, -0.1) is 0 Å². The third-order valence-corrected chi connectivity index (χ3v) is 5.69. The molecule has 5 rings (SSSR count). The van der Waals surface area contributed by atoms with E-state index in [-0.39, 0.29) is 18.6 Å². The van der Waals surface area contributed by atoms with Crippen LogP contribution in [-0.4, -0.2) is 28.2 Å². The number of hydrogen-bond acceptors (Lipinski definition) is 4. The number of carbonyl (C=O) groups excluding carboxylic acids is 1. The van der Waals surface area contributed by atoms with Crippen LogP contribution in [0.3, 0.4) is 0 Å². The van der Waals surface area contributed by atoms with Gasteiger partial charge in [0.25, 0.3) is 5.91 Å². The van der Waals surface area contributed by atoms with Crippen LogP contribution in [-0.2, 0) is 4.79 Å². The largest absolute Gasteiger partial charge is 0.481 e. The molecule has 32 heavy (non-hydrogen) atoms. The minimum Gasteiger partial charge on any atom is -0.481 e. The van der Waals surface area contributed by atoms with Crippen molar-refractivity contribution < 1.29 is 9.53 Å². The Balaban J connectivity index is 1.42. The van der Waals surface area contributed by atoms with Crippen LogP contribution in [0.5, 0.6) is 5.75 Å². The molecule has 0 saturated carbocycles. The number of fused-ring (bicyclic) bond motifs is 1. The average molecular weight is 442 g/mol. The zero-order chi connectivity index (χ0) is 21.9. The zero-order valence-corrected chi connectivity index (χ0v) is 17.9. The Bertz CT molecular complexity index is 1300. The van der Waals surface area contributed by atoms with Crippen LogP contribution < -0.4 is 4.74 Å². The van der Waals surface area contributed by atoms with Gasteiger partial charge in [-0.05, 0) is 35.4 Å². The summed E-state index contributed by atoms with van der Waals surface area (Å²) in [5.41, 5.74) is 3.52. The lowest BCUT2D eigenvalue weighted by atomic mass is 9.98. The fourth-order valence-corrected chi connectivity index (χ4v) is 4.12. The summed E-state index contributed by atoms with van der Waals surface area (Å²) in [6.45, 7) is -0.141. The van der Waals surface area contributed by atoms with Crippen LogP contribution in [0, 0.1) is 0 Å². The molecule has 6 heteroatoms. The Morgan fingerprint density at radius 1 is 1.00 bits per heavy atom. The molecule has 0 N–H and O–H groups in total. The average Bonchev–Trinajstić information content (AvgIpc) is 3.29. The highest BCUT2D eigenvalue weighted by molar-refractivity contribution is 6.30. The summed E-state index contributed by atoms with van der Waals surface area (Å²) >= 11 is 6.23. The molecule has 5 nitrogen and oxygen atoms in total. The van der Waals surface area contributed by atoms with Crippen molar-refractivity contribution in [2.75, 3.05) is 6.61 Å². The highest BCUT2D eigenvalue weighted by Crippen LogP contribution is 2.34. The monoisotopic (exact) mass is 441 g/mol. The smallest absolute Gasteiger partial charge is 0.281 e. The standard InChI is InChI=1S/C26H20ClN3O2/c27-21-12-4-10-20(15-21)23-16-22(18-7-2-1-3-8-18)29-30(23)25(31)17-32-24-13-5-9-19-11-6-14-28-26(19)24/h1-15,23H,16-17H2. The van der Waals surface area contributed by atoms with Gasteiger partial charge in [0.15, 0.2) is 6.61 Å². The first-order valence-corrected chi connectivity index (χ1v) is 10.7. The molecule has 0 radical (unpaired) electrons. The van der Waals surface area contributed by atoms with Gasteiger partial charge in [-0.1, -0.05) is 72.3 Å². The molecule has 0 saturated heterocycles. The van der Waals surface area contributed by atoms with Gasteiger partial charge in [0, 0.05) is 23.0 Å². The predicted octanol–water partition coefficient (Wildman–Crippen LogP) is 5.64. The van der Waals surface area contributed by atoms with Crippen molar-refractivity contribution in [1.29, 1.82) is 0 Å². The summed E-state index contributed by atoms with van der Waals surface area (Å²) in [5.74, 6) is 0.344. The third-order valence-electron chi connectivity index (χ3n) is 5.45. The first-order chi connectivity index (χ1) is 15.7. The molecule has 158 valence electrons. The van der Waals surface area contributed by atoms with Crippen molar-refractivity contribution >= 4 is 34.1 Å². The Morgan fingerprint density at radius 3 is 2.66 bits per heavy atom. The van der Waals surface area contributed by atoms with E-state index in [1.165, 1.54) is 5.01 Å². The van der Waals surface area contributed by atoms with Gasteiger partial charge >= 0.3 is 0 Å². The van der Waals surface area contributed by atoms with Crippen LogP contribution >= 0.6 is 11.6 Å². The molecule has 1 aliphatic heterocycles. The van der Waals surface area contributed by atoms with Gasteiger partial charge in [0.05, 0.1) is 11.8 Å². The second-order valence-corrected chi connectivity index (χ2v) is 7.98.